The highest BCUT2D eigenvalue weighted by Crippen LogP contribution is 2.77. The maximum atomic E-state index is 13.1. The van der Waals surface area contributed by atoms with E-state index in [1.807, 2.05) is 0 Å². The Morgan fingerprint density at radius 3 is 2.20 bits per heavy atom. The van der Waals surface area contributed by atoms with Gasteiger partial charge in [-0.2, -0.15) is 0 Å². The molecule has 0 unspecified atom stereocenters. The maximum Gasteiger partial charge on any atom is 0.309 e. The average Bonchev–Trinajstić information content (AvgIpc) is 3.43. The van der Waals surface area contributed by atoms with E-state index in [0.717, 1.165) is 45.1 Å². The van der Waals surface area contributed by atoms with E-state index in [-0.39, 0.29) is 51.7 Å². The quantitative estimate of drug-likeness (QED) is 0.166. The van der Waals surface area contributed by atoms with Gasteiger partial charge in [-0.05, 0) is 131 Å². The van der Waals surface area contributed by atoms with Crippen molar-refractivity contribution in [2.75, 3.05) is 6.54 Å². The molecule has 6 aliphatic carbocycles. The summed E-state index contributed by atoms with van der Waals surface area (Å²) in [7, 11) is 0. The minimum Gasteiger partial charge on any atom is -0.481 e. The van der Waals surface area contributed by atoms with Crippen LogP contribution >= 0.6 is 0 Å². The van der Waals surface area contributed by atoms with Crippen molar-refractivity contribution in [1.82, 2.24) is 5.32 Å². The molecule has 0 aliphatic heterocycles. The van der Waals surface area contributed by atoms with Gasteiger partial charge in [0.2, 0.25) is 0 Å². The zero-order valence-electron chi connectivity index (χ0n) is 32.7. The highest BCUT2D eigenvalue weighted by Gasteiger charge is 2.70. The summed E-state index contributed by atoms with van der Waals surface area (Å²) in [6.45, 7) is 21.3. The fourth-order valence-corrected chi connectivity index (χ4v) is 13.8. The Morgan fingerprint density at radius 2 is 1.55 bits per heavy atom. The molecule has 0 spiro atoms. The molecular formula is C43H71NO5. The number of esters is 1. The molecule has 9 atom stereocenters. The van der Waals surface area contributed by atoms with Gasteiger partial charge in [0, 0.05) is 23.4 Å². The number of hydrogen-bond acceptors (Lipinski definition) is 5. The van der Waals surface area contributed by atoms with Gasteiger partial charge in [-0.25, -0.2) is 0 Å². The smallest absolute Gasteiger partial charge is 0.309 e. The number of aliphatic carboxylic acids is 1. The number of carbonyl (C=O) groups is 2. The third kappa shape index (κ3) is 5.88. The maximum absolute atomic E-state index is 13.1. The zero-order chi connectivity index (χ0) is 35.8. The van der Waals surface area contributed by atoms with Crippen LogP contribution in [0.3, 0.4) is 0 Å². The van der Waals surface area contributed by atoms with Crippen LogP contribution in [0.4, 0.5) is 0 Å². The van der Waals surface area contributed by atoms with Crippen molar-refractivity contribution >= 4 is 11.9 Å². The van der Waals surface area contributed by atoms with E-state index in [0.29, 0.717) is 29.7 Å². The molecule has 5 saturated carbocycles. The lowest BCUT2D eigenvalue weighted by Gasteiger charge is -2.72. The van der Waals surface area contributed by atoms with E-state index in [4.69, 9.17) is 4.74 Å². The van der Waals surface area contributed by atoms with Crippen LogP contribution < -0.4 is 5.32 Å². The summed E-state index contributed by atoms with van der Waals surface area (Å²) in [5.74, 6) is 0.776. The number of ether oxygens (including phenoxy) is 1. The van der Waals surface area contributed by atoms with Crippen LogP contribution in [0.2, 0.25) is 0 Å². The molecule has 0 aromatic heterocycles. The monoisotopic (exact) mass is 682 g/mol. The van der Waals surface area contributed by atoms with E-state index >= 15 is 0 Å². The molecule has 6 aliphatic rings. The van der Waals surface area contributed by atoms with Crippen LogP contribution in [0.5, 0.6) is 0 Å². The lowest BCUT2D eigenvalue weighted by molar-refractivity contribution is -0.235. The molecule has 0 bridgehead atoms. The van der Waals surface area contributed by atoms with Crippen molar-refractivity contribution in [2.45, 2.75) is 183 Å². The third-order valence-corrected chi connectivity index (χ3v) is 16.9. The van der Waals surface area contributed by atoms with Gasteiger partial charge in [-0.15, -0.1) is 0 Å². The normalized spacial score (nSPS) is 41.4. The number of rotatable bonds is 9. The van der Waals surface area contributed by atoms with Gasteiger partial charge in [-0.3, -0.25) is 9.59 Å². The van der Waals surface area contributed by atoms with Gasteiger partial charge in [0.1, 0.15) is 6.10 Å². The van der Waals surface area contributed by atoms with E-state index < -0.39 is 11.4 Å². The molecule has 0 heterocycles. The van der Waals surface area contributed by atoms with Crippen LogP contribution in [0.25, 0.3) is 0 Å². The van der Waals surface area contributed by atoms with Crippen molar-refractivity contribution in [3.05, 3.63) is 11.1 Å². The van der Waals surface area contributed by atoms with Crippen LogP contribution in [0, 0.1) is 56.2 Å². The molecular weight excluding hydrogens is 610 g/mol. The predicted molar refractivity (Wildman–Crippen MR) is 196 cm³/mol. The van der Waals surface area contributed by atoms with Gasteiger partial charge >= 0.3 is 11.9 Å². The minimum absolute atomic E-state index is 0.0745. The van der Waals surface area contributed by atoms with Gasteiger partial charge in [0.05, 0.1) is 17.9 Å². The first-order chi connectivity index (χ1) is 22.8. The van der Waals surface area contributed by atoms with Crippen molar-refractivity contribution < 1.29 is 24.5 Å². The number of nitrogens with one attached hydrogen (secondary N) is 1. The van der Waals surface area contributed by atoms with Crippen molar-refractivity contribution in [2.24, 2.45) is 56.2 Å². The second-order valence-electron chi connectivity index (χ2n) is 20.3. The van der Waals surface area contributed by atoms with Crippen molar-refractivity contribution in [1.29, 1.82) is 0 Å². The van der Waals surface area contributed by atoms with Gasteiger partial charge in [-0.1, -0.05) is 78.9 Å². The number of aliphatic hydroxyl groups excluding tert-OH is 1. The highest BCUT2D eigenvalue weighted by molar-refractivity contribution is 5.81. The largest absolute Gasteiger partial charge is 0.481 e. The summed E-state index contributed by atoms with van der Waals surface area (Å²) in [5.41, 5.74) is 2.55. The Bertz CT molecular complexity index is 1310. The topological polar surface area (TPSA) is 95.9 Å². The summed E-state index contributed by atoms with van der Waals surface area (Å²) in [4.78, 5) is 24.8. The first-order valence-corrected chi connectivity index (χ1v) is 20.4. The minimum atomic E-state index is -1.13. The molecule has 6 heteroatoms. The Balaban J connectivity index is 1.25. The Labute approximate surface area is 298 Å². The molecule has 0 saturated heterocycles. The van der Waals surface area contributed by atoms with E-state index in [9.17, 15) is 19.8 Å². The molecule has 6 nitrogen and oxygen atoms in total. The fraction of sp³-hybridized carbons (Fsp3) is 0.907. The molecule has 0 aromatic carbocycles. The molecule has 0 aromatic rings. The number of aliphatic hydroxyl groups is 1. The molecule has 6 rings (SSSR count). The number of hydrogen-bond donors (Lipinski definition) is 3. The summed E-state index contributed by atoms with van der Waals surface area (Å²) in [6, 6.07) is 0.566. The Kier molecular flexibility index (Phi) is 9.85. The number of carboxylic acid groups (broad SMARTS) is 1. The highest BCUT2D eigenvalue weighted by atomic mass is 16.5. The van der Waals surface area contributed by atoms with Crippen LogP contribution in [0.1, 0.15) is 165 Å². The SMILES string of the molecule is CC(C)C1=C2[C@H]3CC[C@@H]4[C@@]5(C)CC[C@H](OC(=O)CC(C)(C)C(=O)O)C(C)(C)[C@@H]5CC[C@@]4(C)[C@]3(C)CC[C@]2([C@H](O)CNC2CCCCC2)CC1. The van der Waals surface area contributed by atoms with Crippen LogP contribution in [-0.4, -0.2) is 46.9 Å². The zero-order valence-corrected chi connectivity index (χ0v) is 32.7. The first-order valence-electron chi connectivity index (χ1n) is 20.4. The third-order valence-electron chi connectivity index (χ3n) is 16.9. The molecule has 0 amide bonds. The van der Waals surface area contributed by atoms with Gasteiger partial charge in [0.15, 0.2) is 0 Å². The summed E-state index contributed by atoms with van der Waals surface area (Å²) >= 11 is 0. The summed E-state index contributed by atoms with van der Waals surface area (Å²) in [6.07, 6.45) is 17.2. The van der Waals surface area contributed by atoms with Crippen molar-refractivity contribution in [3.8, 4) is 0 Å². The average molecular weight is 682 g/mol. The molecule has 49 heavy (non-hydrogen) atoms. The fourth-order valence-electron chi connectivity index (χ4n) is 13.8. The number of carbonyl (C=O) groups excluding carboxylic acids is 1. The Hall–Kier alpha value is -1.40. The second-order valence-corrected chi connectivity index (χ2v) is 20.3. The summed E-state index contributed by atoms with van der Waals surface area (Å²) < 4.78 is 6.19. The summed E-state index contributed by atoms with van der Waals surface area (Å²) in [5, 5.41) is 25.7. The predicted octanol–water partition coefficient (Wildman–Crippen LogP) is 9.48. The number of allylic oxidation sites excluding steroid dienone is 1. The second kappa shape index (κ2) is 12.9. The lowest BCUT2D eigenvalue weighted by atomic mass is 9.33. The van der Waals surface area contributed by atoms with E-state index in [2.05, 4.69) is 53.8 Å². The van der Waals surface area contributed by atoms with Crippen LogP contribution in [-0.2, 0) is 14.3 Å². The molecule has 5 fully saturated rings. The molecule has 0 radical (unpaired) electrons. The number of fused-ring (bicyclic) bond motifs is 7. The van der Waals surface area contributed by atoms with E-state index in [1.165, 1.54) is 57.8 Å². The standard InChI is InChI=1S/C43H71NO5/c1-27(2)29-17-22-43(33(45)26-44-28-13-11-10-12-14-28)24-23-41(8)30(36(29)43)15-16-32-40(7)20-19-34(49-35(46)25-38(3,4)37(47)48)39(5,6)31(40)18-21-42(32,41)9/h27-28,30-34,44-45H,10-26H2,1-9H3,(H,47,48)/t30-,31+,32-,33-,34+,40+,41-,42-,43+/m1/s1. The lowest BCUT2D eigenvalue weighted by Crippen LogP contribution is -2.66. The molecule has 3 N–H and O–H groups in total. The number of carboxylic acids is 1. The molecule has 278 valence electrons. The first kappa shape index (κ1) is 37.4. The van der Waals surface area contributed by atoms with Crippen LogP contribution in [0.15, 0.2) is 11.1 Å². The van der Waals surface area contributed by atoms with Gasteiger partial charge < -0.3 is 20.3 Å². The van der Waals surface area contributed by atoms with Gasteiger partial charge in [0.25, 0.3) is 0 Å². The van der Waals surface area contributed by atoms with E-state index in [1.54, 1.807) is 25.0 Å². The van der Waals surface area contributed by atoms with Crippen molar-refractivity contribution in [3.63, 3.8) is 0 Å². The Morgan fingerprint density at radius 1 is 0.857 bits per heavy atom.